The quantitative estimate of drug-likeness (QED) is 0.381. The van der Waals surface area contributed by atoms with E-state index >= 15 is 0 Å². The summed E-state index contributed by atoms with van der Waals surface area (Å²) in [6.07, 6.45) is 2.50. The normalized spacial score (nSPS) is 14.5. The molecule has 1 aliphatic rings. The molecule has 0 amide bonds. The maximum atomic E-state index is 13.2. The van der Waals surface area contributed by atoms with Gasteiger partial charge in [0, 0.05) is 24.9 Å². The first kappa shape index (κ1) is 21.4. The molecule has 0 N–H and O–H groups in total. The van der Waals surface area contributed by atoms with Crippen LogP contribution in [0.25, 0.3) is 10.8 Å². The van der Waals surface area contributed by atoms with Gasteiger partial charge in [-0.1, -0.05) is 54.6 Å². The standard InChI is InChI=1S/C27H24N2O3S/c1-32-27-15-10-21-7-4-5-9-25(21)26(27)18-28-23-11-13-24(14-12-23)33(30,31)29-17-16-20-6-2-3-8-22(20)19-29/h2-15,18H,16-17,19H2,1H3. The molecule has 0 radical (unpaired) electrons. The second-order valence-electron chi connectivity index (χ2n) is 8.01. The van der Waals surface area contributed by atoms with Gasteiger partial charge in [0.15, 0.2) is 0 Å². The zero-order valence-corrected chi connectivity index (χ0v) is 19.1. The van der Waals surface area contributed by atoms with Crippen molar-refractivity contribution >= 4 is 32.7 Å². The number of fused-ring (bicyclic) bond motifs is 2. The number of hydrogen-bond acceptors (Lipinski definition) is 4. The van der Waals surface area contributed by atoms with Crippen LogP contribution in [0.5, 0.6) is 5.75 Å². The highest BCUT2D eigenvalue weighted by atomic mass is 32.2. The summed E-state index contributed by atoms with van der Waals surface area (Å²) in [6, 6.07) is 26.7. The van der Waals surface area contributed by atoms with Crippen LogP contribution < -0.4 is 4.74 Å². The summed E-state index contributed by atoms with van der Waals surface area (Å²) in [4.78, 5) is 4.87. The minimum Gasteiger partial charge on any atom is -0.496 e. The highest BCUT2D eigenvalue weighted by Crippen LogP contribution is 2.28. The third-order valence-corrected chi connectivity index (χ3v) is 7.92. The highest BCUT2D eigenvalue weighted by molar-refractivity contribution is 7.89. The third kappa shape index (κ3) is 4.15. The molecule has 5 nitrogen and oxygen atoms in total. The molecule has 166 valence electrons. The summed E-state index contributed by atoms with van der Waals surface area (Å²) in [5, 5.41) is 2.15. The fourth-order valence-electron chi connectivity index (χ4n) is 4.25. The SMILES string of the molecule is COc1ccc2ccccc2c1C=Nc1ccc(S(=O)(=O)N2CCc3ccccc3C2)cc1. The number of methoxy groups -OCH3 is 1. The van der Waals surface area contributed by atoms with Crippen molar-refractivity contribution in [3.8, 4) is 5.75 Å². The van der Waals surface area contributed by atoms with Gasteiger partial charge in [0.1, 0.15) is 5.75 Å². The summed E-state index contributed by atoms with van der Waals surface area (Å²) < 4.78 is 33.4. The Kier molecular flexibility index (Phi) is 5.70. The van der Waals surface area contributed by atoms with Crippen molar-refractivity contribution in [2.24, 2.45) is 4.99 Å². The van der Waals surface area contributed by atoms with E-state index in [-0.39, 0.29) is 4.90 Å². The summed E-state index contributed by atoms with van der Waals surface area (Å²) in [7, 11) is -1.93. The fraction of sp³-hybridized carbons (Fsp3) is 0.148. The topological polar surface area (TPSA) is 59.0 Å². The number of sulfonamides is 1. The molecule has 0 aromatic heterocycles. The Morgan fingerprint density at radius 1 is 0.879 bits per heavy atom. The van der Waals surface area contributed by atoms with Crippen molar-refractivity contribution < 1.29 is 13.2 Å². The molecule has 0 spiro atoms. The molecular formula is C27H24N2O3S. The first-order valence-corrected chi connectivity index (χ1v) is 12.3. The third-order valence-electron chi connectivity index (χ3n) is 6.06. The van der Waals surface area contributed by atoms with Crippen molar-refractivity contribution in [2.75, 3.05) is 13.7 Å². The van der Waals surface area contributed by atoms with Crippen molar-refractivity contribution in [3.05, 3.63) is 102 Å². The Hall–Kier alpha value is -3.48. The van der Waals surface area contributed by atoms with Gasteiger partial charge in [-0.15, -0.1) is 0 Å². The van der Waals surface area contributed by atoms with E-state index in [0.29, 0.717) is 18.8 Å². The molecular weight excluding hydrogens is 432 g/mol. The van der Waals surface area contributed by atoms with Crippen LogP contribution in [0.2, 0.25) is 0 Å². The Morgan fingerprint density at radius 3 is 2.39 bits per heavy atom. The van der Waals surface area contributed by atoms with Crippen LogP contribution in [0, 0.1) is 0 Å². The first-order chi connectivity index (χ1) is 16.1. The smallest absolute Gasteiger partial charge is 0.243 e. The Bertz CT molecular complexity index is 1440. The van der Waals surface area contributed by atoms with Crippen LogP contribution in [-0.4, -0.2) is 32.6 Å². The van der Waals surface area contributed by atoms with Gasteiger partial charge in [-0.3, -0.25) is 4.99 Å². The van der Waals surface area contributed by atoms with Crippen LogP contribution in [0.3, 0.4) is 0 Å². The van der Waals surface area contributed by atoms with Crippen molar-refractivity contribution in [3.63, 3.8) is 0 Å². The van der Waals surface area contributed by atoms with Gasteiger partial charge in [-0.2, -0.15) is 4.31 Å². The van der Waals surface area contributed by atoms with Gasteiger partial charge < -0.3 is 4.74 Å². The van der Waals surface area contributed by atoms with Crippen LogP contribution in [0.1, 0.15) is 16.7 Å². The van der Waals surface area contributed by atoms with E-state index in [9.17, 15) is 8.42 Å². The highest BCUT2D eigenvalue weighted by Gasteiger charge is 2.28. The fourth-order valence-corrected chi connectivity index (χ4v) is 5.67. The average Bonchev–Trinajstić information content (AvgIpc) is 2.87. The van der Waals surface area contributed by atoms with Crippen molar-refractivity contribution in [2.45, 2.75) is 17.9 Å². The average molecular weight is 457 g/mol. The van der Waals surface area contributed by atoms with Crippen molar-refractivity contribution in [1.82, 2.24) is 4.31 Å². The van der Waals surface area contributed by atoms with Gasteiger partial charge in [0.25, 0.3) is 0 Å². The molecule has 0 bridgehead atoms. The lowest BCUT2D eigenvalue weighted by Gasteiger charge is -2.28. The zero-order chi connectivity index (χ0) is 22.8. The van der Waals surface area contributed by atoms with Crippen LogP contribution in [-0.2, 0) is 23.0 Å². The van der Waals surface area contributed by atoms with E-state index < -0.39 is 10.0 Å². The molecule has 4 aromatic rings. The predicted octanol–water partition coefficient (Wildman–Crippen LogP) is 5.35. The number of hydrogen-bond donors (Lipinski definition) is 0. The van der Waals surface area contributed by atoms with E-state index in [1.54, 1.807) is 41.9 Å². The molecule has 0 fully saturated rings. The molecule has 0 saturated carbocycles. The predicted molar refractivity (Wildman–Crippen MR) is 132 cm³/mol. The Labute approximate surface area is 194 Å². The second-order valence-corrected chi connectivity index (χ2v) is 9.95. The molecule has 1 heterocycles. The number of ether oxygens (including phenoxy) is 1. The van der Waals surface area contributed by atoms with Gasteiger partial charge in [0.05, 0.1) is 17.7 Å². The molecule has 4 aromatic carbocycles. The molecule has 0 atom stereocenters. The van der Waals surface area contributed by atoms with Gasteiger partial charge >= 0.3 is 0 Å². The molecule has 1 aliphatic heterocycles. The maximum Gasteiger partial charge on any atom is 0.243 e. The minimum absolute atomic E-state index is 0.281. The molecule has 0 aliphatic carbocycles. The van der Waals surface area contributed by atoms with Crippen molar-refractivity contribution in [1.29, 1.82) is 0 Å². The maximum absolute atomic E-state index is 13.2. The van der Waals surface area contributed by atoms with Gasteiger partial charge in [0.2, 0.25) is 10.0 Å². The van der Waals surface area contributed by atoms with E-state index in [1.807, 2.05) is 54.6 Å². The van der Waals surface area contributed by atoms with Crippen LogP contribution >= 0.6 is 0 Å². The largest absolute Gasteiger partial charge is 0.496 e. The molecule has 33 heavy (non-hydrogen) atoms. The van der Waals surface area contributed by atoms with E-state index in [4.69, 9.17) is 4.74 Å². The Balaban J connectivity index is 1.40. The lowest BCUT2D eigenvalue weighted by Crippen LogP contribution is -2.35. The molecule has 6 heteroatoms. The molecule has 5 rings (SSSR count). The second kappa shape index (κ2) is 8.81. The lowest BCUT2D eigenvalue weighted by molar-refractivity contribution is 0.391. The van der Waals surface area contributed by atoms with Gasteiger partial charge in [-0.05, 0) is 58.7 Å². The summed E-state index contributed by atoms with van der Waals surface area (Å²) in [6.45, 7) is 0.888. The first-order valence-electron chi connectivity index (χ1n) is 10.8. The van der Waals surface area contributed by atoms with Gasteiger partial charge in [-0.25, -0.2) is 8.42 Å². The number of benzene rings is 4. The Morgan fingerprint density at radius 2 is 1.61 bits per heavy atom. The number of aliphatic imine (C=N–C) groups is 1. The van der Waals surface area contributed by atoms with E-state index in [2.05, 4.69) is 11.1 Å². The summed E-state index contributed by atoms with van der Waals surface area (Å²) in [5.41, 5.74) is 3.85. The molecule has 0 saturated heterocycles. The van der Waals surface area contributed by atoms with E-state index in [0.717, 1.165) is 34.1 Å². The van der Waals surface area contributed by atoms with E-state index in [1.165, 1.54) is 5.56 Å². The van der Waals surface area contributed by atoms with Crippen LogP contribution in [0.4, 0.5) is 5.69 Å². The number of rotatable bonds is 5. The minimum atomic E-state index is -3.57. The number of nitrogens with zero attached hydrogens (tertiary/aromatic N) is 2. The summed E-state index contributed by atoms with van der Waals surface area (Å²) in [5.74, 6) is 0.738. The van der Waals surface area contributed by atoms with Crippen LogP contribution in [0.15, 0.2) is 94.8 Å². The summed E-state index contributed by atoms with van der Waals surface area (Å²) >= 11 is 0. The molecule has 0 unspecified atom stereocenters. The lowest BCUT2D eigenvalue weighted by atomic mass is 10.0. The zero-order valence-electron chi connectivity index (χ0n) is 18.3. The monoisotopic (exact) mass is 456 g/mol.